The van der Waals surface area contributed by atoms with Crippen LogP contribution in [0.25, 0.3) is 0 Å². The number of aromatic nitrogens is 1. The van der Waals surface area contributed by atoms with Gasteiger partial charge in [-0.25, -0.2) is 9.78 Å². The predicted octanol–water partition coefficient (Wildman–Crippen LogP) is 2.20. The van der Waals surface area contributed by atoms with E-state index < -0.39 is 11.9 Å². The second kappa shape index (κ2) is 8.73. The molecule has 0 spiro atoms. The molecule has 0 unspecified atom stereocenters. The zero-order valence-corrected chi connectivity index (χ0v) is 12.5. The maximum absolute atomic E-state index is 11.8. The standard InChI is InChI=1S/C15H20N2O4/c1-4-20-14(18)9-12(15(19)21-5-2)10-16-13-8-6-7-11(3)17-13/h6-8,10H,4-5,9H2,1-3H3,(H,16,17). The van der Waals surface area contributed by atoms with Gasteiger partial charge in [0.2, 0.25) is 0 Å². The third-order valence-corrected chi connectivity index (χ3v) is 2.46. The minimum Gasteiger partial charge on any atom is -0.466 e. The van der Waals surface area contributed by atoms with Crippen molar-refractivity contribution >= 4 is 17.8 Å². The number of pyridine rings is 1. The molecule has 6 nitrogen and oxygen atoms in total. The van der Waals surface area contributed by atoms with Crippen molar-refractivity contribution in [1.82, 2.24) is 4.98 Å². The van der Waals surface area contributed by atoms with E-state index in [4.69, 9.17) is 9.47 Å². The molecule has 0 atom stereocenters. The number of carbonyl (C=O) groups excluding carboxylic acids is 2. The highest BCUT2D eigenvalue weighted by molar-refractivity contribution is 5.94. The third-order valence-electron chi connectivity index (χ3n) is 2.46. The van der Waals surface area contributed by atoms with Gasteiger partial charge >= 0.3 is 11.9 Å². The zero-order valence-electron chi connectivity index (χ0n) is 12.5. The summed E-state index contributed by atoms with van der Waals surface area (Å²) in [5.41, 5.74) is 1.04. The first-order valence-corrected chi connectivity index (χ1v) is 6.78. The van der Waals surface area contributed by atoms with Gasteiger partial charge in [-0.15, -0.1) is 0 Å². The van der Waals surface area contributed by atoms with Crippen LogP contribution in [0.2, 0.25) is 0 Å². The van der Waals surface area contributed by atoms with Gasteiger partial charge in [0.25, 0.3) is 0 Å². The Balaban J connectivity index is 2.81. The van der Waals surface area contributed by atoms with Crippen molar-refractivity contribution in [1.29, 1.82) is 0 Å². The predicted molar refractivity (Wildman–Crippen MR) is 78.6 cm³/mol. The lowest BCUT2D eigenvalue weighted by atomic mass is 10.2. The molecule has 0 aliphatic carbocycles. The van der Waals surface area contributed by atoms with Gasteiger partial charge in [0.15, 0.2) is 0 Å². The molecule has 0 fully saturated rings. The van der Waals surface area contributed by atoms with Gasteiger partial charge < -0.3 is 14.8 Å². The fourth-order valence-electron chi connectivity index (χ4n) is 1.56. The van der Waals surface area contributed by atoms with Crippen molar-refractivity contribution in [3.05, 3.63) is 35.7 Å². The fourth-order valence-corrected chi connectivity index (χ4v) is 1.56. The van der Waals surface area contributed by atoms with E-state index in [2.05, 4.69) is 10.3 Å². The van der Waals surface area contributed by atoms with Crippen LogP contribution in [0.5, 0.6) is 0 Å². The molecule has 0 aliphatic heterocycles. The lowest BCUT2D eigenvalue weighted by Gasteiger charge is -2.08. The normalized spacial score (nSPS) is 10.9. The summed E-state index contributed by atoms with van der Waals surface area (Å²) in [6.07, 6.45) is 1.28. The van der Waals surface area contributed by atoms with E-state index in [1.807, 2.05) is 19.1 Å². The van der Waals surface area contributed by atoms with Crippen molar-refractivity contribution in [2.24, 2.45) is 0 Å². The Hall–Kier alpha value is -2.37. The third kappa shape index (κ3) is 6.07. The Morgan fingerprint density at radius 1 is 1.24 bits per heavy atom. The highest BCUT2D eigenvalue weighted by Crippen LogP contribution is 2.09. The van der Waals surface area contributed by atoms with Gasteiger partial charge in [0, 0.05) is 11.9 Å². The highest BCUT2D eigenvalue weighted by Gasteiger charge is 2.16. The molecule has 1 aromatic rings. The maximum Gasteiger partial charge on any atom is 0.336 e. The molecule has 6 heteroatoms. The number of ether oxygens (including phenoxy) is 2. The molecule has 0 aromatic carbocycles. The van der Waals surface area contributed by atoms with Gasteiger partial charge in [-0.2, -0.15) is 0 Å². The Bertz CT molecular complexity index is 526. The summed E-state index contributed by atoms with van der Waals surface area (Å²) in [4.78, 5) is 27.6. The minimum atomic E-state index is -0.550. The van der Waals surface area contributed by atoms with E-state index >= 15 is 0 Å². The van der Waals surface area contributed by atoms with E-state index in [9.17, 15) is 9.59 Å². The van der Waals surface area contributed by atoms with Crippen LogP contribution in [-0.4, -0.2) is 30.1 Å². The van der Waals surface area contributed by atoms with E-state index in [1.54, 1.807) is 19.9 Å². The van der Waals surface area contributed by atoms with Gasteiger partial charge in [-0.1, -0.05) is 6.07 Å². The van der Waals surface area contributed by atoms with Crippen LogP contribution in [0, 0.1) is 6.92 Å². The number of nitrogens with one attached hydrogen (secondary N) is 1. The molecule has 21 heavy (non-hydrogen) atoms. The van der Waals surface area contributed by atoms with Crippen molar-refractivity contribution in [3.63, 3.8) is 0 Å². The van der Waals surface area contributed by atoms with E-state index in [1.165, 1.54) is 6.20 Å². The van der Waals surface area contributed by atoms with Crippen LogP contribution < -0.4 is 5.32 Å². The highest BCUT2D eigenvalue weighted by atomic mass is 16.5. The Kier molecular flexibility index (Phi) is 6.94. The molecule has 0 radical (unpaired) electrons. The lowest BCUT2D eigenvalue weighted by molar-refractivity contribution is -0.145. The van der Waals surface area contributed by atoms with Crippen molar-refractivity contribution < 1.29 is 19.1 Å². The van der Waals surface area contributed by atoms with Crippen molar-refractivity contribution in [2.45, 2.75) is 27.2 Å². The first-order valence-electron chi connectivity index (χ1n) is 6.78. The van der Waals surface area contributed by atoms with E-state index in [-0.39, 0.29) is 25.2 Å². The molecule has 0 bridgehead atoms. The second-order valence-corrected chi connectivity index (χ2v) is 4.18. The molecule has 0 aliphatic rings. The largest absolute Gasteiger partial charge is 0.466 e. The average Bonchev–Trinajstić information content (AvgIpc) is 2.44. The smallest absolute Gasteiger partial charge is 0.336 e. The second-order valence-electron chi connectivity index (χ2n) is 4.18. The molecule has 0 saturated heterocycles. The van der Waals surface area contributed by atoms with Crippen LogP contribution in [0.15, 0.2) is 30.0 Å². The molecule has 1 rings (SSSR count). The van der Waals surface area contributed by atoms with Gasteiger partial charge in [-0.05, 0) is 32.9 Å². The fraction of sp³-hybridized carbons (Fsp3) is 0.400. The number of anilines is 1. The lowest BCUT2D eigenvalue weighted by Crippen LogP contribution is -2.15. The molecule has 1 aromatic heterocycles. The molecule has 0 saturated carbocycles. The number of aryl methyl sites for hydroxylation is 1. The van der Waals surface area contributed by atoms with Crippen LogP contribution in [-0.2, 0) is 19.1 Å². The summed E-state index contributed by atoms with van der Waals surface area (Å²) in [7, 11) is 0. The maximum atomic E-state index is 11.8. The first kappa shape index (κ1) is 16.7. The molecule has 0 amide bonds. The van der Waals surface area contributed by atoms with E-state index in [0.717, 1.165) is 5.69 Å². The van der Waals surface area contributed by atoms with Gasteiger partial charge in [-0.3, -0.25) is 4.79 Å². The van der Waals surface area contributed by atoms with Gasteiger partial charge in [0.1, 0.15) is 5.82 Å². The van der Waals surface area contributed by atoms with Crippen molar-refractivity contribution in [3.8, 4) is 0 Å². The molecule has 114 valence electrons. The zero-order chi connectivity index (χ0) is 15.7. The Labute approximate surface area is 124 Å². The number of hydrogen-bond donors (Lipinski definition) is 1. The summed E-state index contributed by atoms with van der Waals surface area (Å²) >= 11 is 0. The molecular formula is C15H20N2O4. The molecule has 1 N–H and O–H groups in total. The van der Waals surface area contributed by atoms with Crippen LogP contribution in [0.3, 0.4) is 0 Å². The monoisotopic (exact) mass is 292 g/mol. The number of nitrogens with zero attached hydrogens (tertiary/aromatic N) is 1. The molecule has 1 heterocycles. The quantitative estimate of drug-likeness (QED) is 0.613. The van der Waals surface area contributed by atoms with Gasteiger partial charge in [0.05, 0.1) is 25.2 Å². The summed E-state index contributed by atoms with van der Waals surface area (Å²) in [6.45, 7) is 5.78. The summed E-state index contributed by atoms with van der Waals surface area (Å²) in [6, 6.07) is 5.46. The topological polar surface area (TPSA) is 77.5 Å². The number of esters is 2. The number of carbonyl (C=O) groups is 2. The first-order chi connectivity index (χ1) is 10.1. The SMILES string of the molecule is CCOC(=O)CC(=CNc1cccc(C)n1)C(=O)OCC. The Morgan fingerprint density at radius 3 is 2.57 bits per heavy atom. The van der Waals surface area contributed by atoms with Crippen LogP contribution in [0.1, 0.15) is 26.0 Å². The van der Waals surface area contributed by atoms with E-state index in [0.29, 0.717) is 5.82 Å². The van der Waals surface area contributed by atoms with Crippen molar-refractivity contribution in [2.75, 3.05) is 18.5 Å². The summed E-state index contributed by atoms with van der Waals surface area (Å²) < 4.78 is 9.76. The minimum absolute atomic E-state index is 0.147. The molecular weight excluding hydrogens is 272 g/mol. The van der Waals surface area contributed by atoms with Crippen LogP contribution >= 0.6 is 0 Å². The Morgan fingerprint density at radius 2 is 1.95 bits per heavy atom. The number of rotatable bonds is 7. The summed E-state index contributed by atoms with van der Waals surface area (Å²) in [5.74, 6) is -0.442. The average molecular weight is 292 g/mol. The van der Waals surface area contributed by atoms with Crippen LogP contribution in [0.4, 0.5) is 5.82 Å². The summed E-state index contributed by atoms with van der Waals surface area (Å²) in [5, 5.41) is 2.89. The number of hydrogen-bond acceptors (Lipinski definition) is 6.